The van der Waals surface area contributed by atoms with Crippen LogP contribution in [0, 0.1) is 0 Å². The summed E-state index contributed by atoms with van der Waals surface area (Å²) in [5.41, 5.74) is 2.16. The van der Waals surface area contributed by atoms with E-state index in [1.54, 1.807) is 13.2 Å². The Labute approximate surface area is 163 Å². The Bertz CT molecular complexity index is 771. The summed E-state index contributed by atoms with van der Waals surface area (Å²) < 4.78 is 1.96. The maximum Gasteiger partial charge on any atom is 0.282 e. The quantitative estimate of drug-likeness (QED) is 0.713. The smallest absolute Gasteiger partial charge is 0.282 e. The van der Waals surface area contributed by atoms with Crippen molar-refractivity contribution < 1.29 is 0 Å². The van der Waals surface area contributed by atoms with Gasteiger partial charge >= 0.3 is 0 Å². The van der Waals surface area contributed by atoms with Gasteiger partial charge in [0.15, 0.2) is 0 Å². The highest BCUT2D eigenvalue weighted by atomic mass is 79.9. The zero-order valence-electron chi connectivity index (χ0n) is 15.4. The van der Waals surface area contributed by atoms with Crippen molar-refractivity contribution in [1.82, 2.24) is 19.6 Å². The minimum Gasteiger partial charge on any atom is -0.367 e. The summed E-state index contributed by atoms with van der Waals surface area (Å²) in [6, 6.07) is 10.6. The molecule has 1 aliphatic heterocycles. The minimum atomic E-state index is -0.0903. The lowest BCUT2D eigenvalue weighted by Crippen LogP contribution is -2.48. The number of hydrogen-bond donors (Lipinski definition) is 0. The summed E-state index contributed by atoms with van der Waals surface area (Å²) >= 11 is 3.43. The van der Waals surface area contributed by atoms with Crippen LogP contribution in [0.1, 0.15) is 5.56 Å². The molecule has 7 heteroatoms. The van der Waals surface area contributed by atoms with E-state index in [-0.39, 0.29) is 5.56 Å². The molecule has 0 unspecified atom stereocenters. The van der Waals surface area contributed by atoms with Gasteiger partial charge in [0.25, 0.3) is 5.56 Å². The van der Waals surface area contributed by atoms with Crippen molar-refractivity contribution in [1.29, 1.82) is 0 Å². The second-order valence-electron chi connectivity index (χ2n) is 6.82. The molecule has 1 aliphatic rings. The topological polar surface area (TPSA) is 44.6 Å². The normalized spacial score (nSPS) is 15.6. The lowest BCUT2D eigenvalue weighted by Gasteiger charge is -2.36. The number of likely N-dealkylation sites (N-methyl/N-ethyl adjacent to an activating group) is 1. The van der Waals surface area contributed by atoms with Crippen LogP contribution in [0.5, 0.6) is 0 Å². The molecular formula is C19H26BrN5O. The van der Waals surface area contributed by atoms with E-state index in [1.165, 1.54) is 10.2 Å². The van der Waals surface area contributed by atoms with Crippen LogP contribution in [0.4, 0.5) is 5.69 Å². The van der Waals surface area contributed by atoms with Crippen LogP contribution in [0.3, 0.4) is 0 Å². The zero-order chi connectivity index (χ0) is 18.5. The predicted molar refractivity (Wildman–Crippen MR) is 109 cm³/mol. The Morgan fingerprint density at radius 2 is 1.85 bits per heavy atom. The second kappa shape index (κ2) is 8.79. The maximum absolute atomic E-state index is 12.0. The lowest BCUT2D eigenvalue weighted by molar-refractivity contribution is 0.212. The summed E-state index contributed by atoms with van der Waals surface area (Å²) in [5.74, 6) is 0. The van der Waals surface area contributed by atoms with E-state index in [0.717, 1.165) is 51.5 Å². The Balaban J connectivity index is 1.47. The van der Waals surface area contributed by atoms with E-state index in [0.29, 0.717) is 4.47 Å². The molecular weight excluding hydrogens is 394 g/mol. The van der Waals surface area contributed by atoms with Crippen LogP contribution in [-0.4, -0.2) is 65.9 Å². The molecule has 0 N–H and O–H groups in total. The van der Waals surface area contributed by atoms with Gasteiger partial charge in [-0.15, -0.1) is 0 Å². The van der Waals surface area contributed by atoms with E-state index in [1.807, 2.05) is 0 Å². The van der Waals surface area contributed by atoms with Crippen molar-refractivity contribution in [2.24, 2.45) is 7.05 Å². The fraction of sp³-hybridized carbons (Fsp3) is 0.474. The molecule has 6 nitrogen and oxygen atoms in total. The molecule has 0 aliphatic carbocycles. The lowest BCUT2D eigenvalue weighted by atomic mass is 10.2. The highest BCUT2D eigenvalue weighted by molar-refractivity contribution is 9.10. The second-order valence-corrected chi connectivity index (χ2v) is 7.62. The number of benzene rings is 1. The van der Waals surface area contributed by atoms with Crippen molar-refractivity contribution in [3.8, 4) is 0 Å². The van der Waals surface area contributed by atoms with Crippen LogP contribution in [0.2, 0.25) is 0 Å². The monoisotopic (exact) mass is 419 g/mol. The van der Waals surface area contributed by atoms with E-state index >= 15 is 0 Å². The first-order chi connectivity index (χ1) is 12.5. The van der Waals surface area contributed by atoms with Gasteiger partial charge in [0, 0.05) is 52.9 Å². The Morgan fingerprint density at radius 3 is 2.54 bits per heavy atom. The van der Waals surface area contributed by atoms with E-state index < -0.39 is 0 Å². The molecule has 0 bridgehead atoms. The number of hydrogen-bond acceptors (Lipinski definition) is 5. The minimum absolute atomic E-state index is 0.0903. The molecule has 2 heterocycles. The maximum atomic E-state index is 12.0. The van der Waals surface area contributed by atoms with Gasteiger partial charge in [0.2, 0.25) is 0 Å². The highest BCUT2D eigenvalue weighted by Gasteiger charge is 2.20. The summed E-state index contributed by atoms with van der Waals surface area (Å²) in [7, 11) is 3.84. The fourth-order valence-electron chi connectivity index (χ4n) is 3.22. The van der Waals surface area contributed by atoms with Crippen molar-refractivity contribution in [2.75, 3.05) is 51.2 Å². The molecule has 26 heavy (non-hydrogen) atoms. The van der Waals surface area contributed by atoms with Crippen LogP contribution in [0.15, 0.2) is 45.8 Å². The number of nitrogens with zero attached hydrogens (tertiary/aromatic N) is 5. The first-order valence-electron chi connectivity index (χ1n) is 8.96. The fourth-order valence-corrected chi connectivity index (χ4v) is 3.83. The molecule has 1 aromatic heterocycles. The molecule has 0 amide bonds. The van der Waals surface area contributed by atoms with Crippen molar-refractivity contribution >= 4 is 21.6 Å². The van der Waals surface area contributed by atoms with Crippen molar-refractivity contribution in [3.05, 3.63) is 56.9 Å². The number of aryl methyl sites for hydroxylation is 1. The Kier molecular flexibility index (Phi) is 6.45. The summed E-state index contributed by atoms with van der Waals surface area (Å²) in [5, 5.41) is 4.15. The zero-order valence-corrected chi connectivity index (χ0v) is 17.0. The summed E-state index contributed by atoms with van der Waals surface area (Å²) in [6.45, 7) is 6.92. The van der Waals surface area contributed by atoms with Crippen molar-refractivity contribution in [2.45, 2.75) is 6.54 Å². The SMILES string of the molecule is CN(CCN1CCN(c2cnn(C)c(=O)c2Br)CC1)Cc1ccccc1. The van der Waals surface area contributed by atoms with Crippen LogP contribution >= 0.6 is 15.9 Å². The number of anilines is 1. The largest absolute Gasteiger partial charge is 0.367 e. The predicted octanol–water partition coefficient (Wildman–Crippen LogP) is 1.80. The van der Waals surface area contributed by atoms with Crippen molar-refractivity contribution in [3.63, 3.8) is 0 Å². The summed E-state index contributed by atoms with van der Waals surface area (Å²) in [4.78, 5) is 19.1. The highest BCUT2D eigenvalue weighted by Crippen LogP contribution is 2.22. The molecule has 1 saturated heterocycles. The van der Waals surface area contributed by atoms with Crippen LogP contribution < -0.4 is 10.5 Å². The molecule has 1 fully saturated rings. The molecule has 2 aromatic rings. The van der Waals surface area contributed by atoms with Gasteiger partial charge in [-0.05, 0) is 28.5 Å². The molecule has 3 rings (SSSR count). The number of halogens is 1. The van der Waals surface area contributed by atoms with Gasteiger partial charge in [-0.25, -0.2) is 4.68 Å². The molecule has 1 aromatic carbocycles. The molecule has 0 atom stereocenters. The van der Waals surface area contributed by atoms with E-state index in [2.05, 4.69) is 73.1 Å². The molecule has 0 radical (unpaired) electrons. The van der Waals surface area contributed by atoms with E-state index in [9.17, 15) is 4.79 Å². The number of rotatable bonds is 6. The average Bonchev–Trinajstić information content (AvgIpc) is 2.66. The first-order valence-corrected chi connectivity index (χ1v) is 9.75. The Hall–Kier alpha value is -1.70. The number of aromatic nitrogens is 2. The van der Waals surface area contributed by atoms with Crippen LogP contribution in [0.25, 0.3) is 0 Å². The van der Waals surface area contributed by atoms with Gasteiger partial charge < -0.3 is 9.80 Å². The van der Waals surface area contributed by atoms with Gasteiger partial charge in [-0.3, -0.25) is 9.69 Å². The van der Waals surface area contributed by atoms with Gasteiger partial charge in [-0.2, -0.15) is 5.10 Å². The van der Waals surface area contributed by atoms with Gasteiger partial charge in [0.1, 0.15) is 4.47 Å². The third-order valence-electron chi connectivity index (χ3n) is 4.87. The van der Waals surface area contributed by atoms with Gasteiger partial charge in [-0.1, -0.05) is 30.3 Å². The Morgan fingerprint density at radius 1 is 1.15 bits per heavy atom. The average molecular weight is 420 g/mol. The first kappa shape index (κ1) is 19.1. The third-order valence-corrected chi connectivity index (χ3v) is 5.61. The number of piperazine rings is 1. The molecule has 0 spiro atoms. The van der Waals surface area contributed by atoms with Gasteiger partial charge in [0.05, 0.1) is 11.9 Å². The standard InChI is InChI=1S/C19H26BrN5O/c1-22(15-16-6-4-3-5-7-16)8-9-24-10-12-25(13-11-24)17-14-21-23(2)19(26)18(17)20/h3-7,14H,8-13,15H2,1-2H3. The summed E-state index contributed by atoms with van der Waals surface area (Å²) in [6.07, 6.45) is 1.77. The molecule has 140 valence electrons. The van der Waals surface area contributed by atoms with Crippen LogP contribution in [-0.2, 0) is 13.6 Å². The third kappa shape index (κ3) is 4.72. The molecule has 0 saturated carbocycles. The van der Waals surface area contributed by atoms with E-state index in [4.69, 9.17) is 0 Å².